The van der Waals surface area contributed by atoms with Crippen molar-refractivity contribution in [2.24, 2.45) is 17.8 Å². The molecule has 2 nitrogen and oxygen atoms in total. The van der Waals surface area contributed by atoms with E-state index in [2.05, 4.69) is 20.4 Å². The zero-order valence-electron chi connectivity index (χ0n) is 15.3. The van der Waals surface area contributed by atoms with Crippen molar-refractivity contribution in [1.29, 1.82) is 0 Å². The first-order valence-corrected chi connectivity index (χ1v) is 9.99. The fraction of sp³-hybridized carbons (Fsp3) is 0.857. The van der Waals surface area contributed by atoms with Crippen LogP contribution >= 0.6 is 0 Å². The van der Waals surface area contributed by atoms with E-state index in [0.717, 1.165) is 24.7 Å². The second kappa shape index (κ2) is 8.89. The minimum absolute atomic E-state index is 0.188. The van der Waals surface area contributed by atoms with Crippen LogP contribution in [0, 0.1) is 17.8 Å². The molecule has 23 heavy (non-hydrogen) atoms. The summed E-state index contributed by atoms with van der Waals surface area (Å²) in [7, 11) is 0. The fourth-order valence-corrected chi connectivity index (χ4v) is 5.08. The van der Waals surface area contributed by atoms with Crippen molar-refractivity contribution < 1.29 is 9.53 Å². The van der Waals surface area contributed by atoms with Crippen molar-refractivity contribution in [3.8, 4) is 0 Å². The Bertz CT molecular complexity index is 371. The van der Waals surface area contributed by atoms with Gasteiger partial charge in [-0.15, -0.1) is 0 Å². The largest absolute Gasteiger partial charge is 0.456 e. The first-order chi connectivity index (χ1) is 11.1. The van der Waals surface area contributed by atoms with E-state index >= 15 is 0 Å². The molecule has 0 aliphatic heterocycles. The van der Waals surface area contributed by atoms with Crippen molar-refractivity contribution >= 4 is 5.97 Å². The van der Waals surface area contributed by atoms with E-state index in [1.165, 1.54) is 70.3 Å². The maximum absolute atomic E-state index is 12.0. The highest BCUT2D eigenvalue weighted by atomic mass is 16.6. The van der Waals surface area contributed by atoms with Crippen molar-refractivity contribution in [3.05, 3.63) is 12.7 Å². The molecule has 132 valence electrons. The van der Waals surface area contributed by atoms with Gasteiger partial charge in [0, 0.05) is 6.08 Å². The third-order valence-electron chi connectivity index (χ3n) is 6.41. The number of carbonyl (C=O) groups excluding carboxylic acids is 1. The van der Waals surface area contributed by atoms with Crippen LogP contribution in [0.3, 0.4) is 0 Å². The Morgan fingerprint density at radius 1 is 1.00 bits per heavy atom. The van der Waals surface area contributed by atoms with Crippen LogP contribution in [0.5, 0.6) is 0 Å². The van der Waals surface area contributed by atoms with Crippen LogP contribution in [0.1, 0.15) is 90.9 Å². The van der Waals surface area contributed by atoms with Crippen LogP contribution in [-0.2, 0) is 9.53 Å². The molecule has 0 radical (unpaired) electrons. The minimum Gasteiger partial charge on any atom is -0.456 e. The summed E-state index contributed by atoms with van der Waals surface area (Å²) in [4.78, 5) is 12.0. The van der Waals surface area contributed by atoms with Gasteiger partial charge in [0.25, 0.3) is 0 Å². The molecule has 0 spiro atoms. The van der Waals surface area contributed by atoms with Crippen LogP contribution in [0.2, 0.25) is 0 Å². The van der Waals surface area contributed by atoms with Crippen LogP contribution in [0.25, 0.3) is 0 Å². The summed E-state index contributed by atoms with van der Waals surface area (Å²) in [5, 5.41) is 0. The lowest BCUT2D eigenvalue weighted by Crippen LogP contribution is -2.46. The first kappa shape index (κ1) is 18.5. The van der Waals surface area contributed by atoms with Gasteiger partial charge >= 0.3 is 5.97 Å². The van der Waals surface area contributed by atoms with Gasteiger partial charge in [0.2, 0.25) is 0 Å². The third kappa shape index (κ3) is 4.84. The predicted molar refractivity (Wildman–Crippen MR) is 96.2 cm³/mol. The summed E-state index contributed by atoms with van der Waals surface area (Å²) in [5.74, 6) is 2.10. The molecule has 0 aromatic rings. The molecule has 0 N–H and O–H groups in total. The molecule has 0 aromatic heterocycles. The van der Waals surface area contributed by atoms with Gasteiger partial charge < -0.3 is 4.74 Å². The third-order valence-corrected chi connectivity index (χ3v) is 6.41. The van der Waals surface area contributed by atoms with Crippen LogP contribution < -0.4 is 0 Å². The highest BCUT2D eigenvalue weighted by Crippen LogP contribution is 2.47. The van der Waals surface area contributed by atoms with E-state index in [9.17, 15) is 4.79 Å². The molecule has 0 bridgehead atoms. The van der Waals surface area contributed by atoms with E-state index in [4.69, 9.17) is 4.74 Å². The van der Waals surface area contributed by atoms with E-state index in [0.29, 0.717) is 5.92 Å². The van der Waals surface area contributed by atoms with Gasteiger partial charge in [0.1, 0.15) is 5.60 Å². The minimum atomic E-state index is -0.213. The Balaban J connectivity index is 2.00. The van der Waals surface area contributed by atoms with Crippen LogP contribution in [-0.4, -0.2) is 11.6 Å². The molecule has 2 saturated carbocycles. The van der Waals surface area contributed by atoms with Gasteiger partial charge in [-0.25, -0.2) is 4.79 Å². The zero-order chi connectivity index (χ0) is 16.7. The topological polar surface area (TPSA) is 26.3 Å². The summed E-state index contributed by atoms with van der Waals surface area (Å²) in [6, 6.07) is 0. The molecule has 0 amide bonds. The summed E-state index contributed by atoms with van der Waals surface area (Å²) in [5.41, 5.74) is -0.188. The maximum Gasteiger partial charge on any atom is 0.330 e. The molecule has 0 atom stereocenters. The number of carbonyl (C=O) groups is 1. The zero-order valence-corrected chi connectivity index (χ0v) is 15.3. The Morgan fingerprint density at radius 2 is 1.52 bits per heavy atom. The van der Waals surface area contributed by atoms with Crippen molar-refractivity contribution in [3.63, 3.8) is 0 Å². The molecule has 2 rings (SSSR count). The summed E-state index contributed by atoms with van der Waals surface area (Å²) in [6.45, 7) is 8.17. The predicted octanol–water partition coefficient (Wildman–Crippen LogP) is 6.05. The summed E-state index contributed by atoms with van der Waals surface area (Å²) < 4.78 is 6.03. The Kier molecular flexibility index (Phi) is 7.17. The Labute approximate surface area is 143 Å². The second-order valence-corrected chi connectivity index (χ2v) is 7.93. The smallest absolute Gasteiger partial charge is 0.330 e. The Morgan fingerprint density at radius 3 is 2.00 bits per heavy atom. The number of esters is 1. The van der Waals surface area contributed by atoms with Crippen molar-refractivity contribution in [1.82, 2.24) is 0 Å². The summed E-state index contributed by atoms with van der Waals surface area (Å²) >= 11 is 0. The van der Waals surface area contributed by atoms with Gasteiger partial charge in [-0.1, -0.05) is 59.0 Å². The van der Waals surface area contributed by atoms with E-state index < -0.39 is 0 Å². The number of hydrogen-bond donors (Lipinski definition) is 0. The van der Waals surface area contributed by atoms with Crippen LogP contribution in [0.15, 0.2) is 12.7 Å². The van der Waals surface area contributed by atoms with E-state index in [1.54, 1.807) is 0 Å². The molecule has 2 fully saturated rings. The lowest BCUT2D eigenvalue weighted by atomic mass is 9.65. The molecule has 0 heterocycles. The van der Waals surface area contributed by atoms with Gasteiger partial charge in [-0.05, 0) is 56.3 Å². The average Bonchev–Trinajstić information content (AvgIpc) is 2.58. The lowest BCUT2D eigenvalue weighted by Gasteiger charge is -2.47. The number of hydrogen-bond acceptors (Lipinski definition) is 2. The van der Waals surface area contributed by atoms with Gasteiger partial charge in [-0.2, -0.15) is 0 Å². The maximum atomic E-state index is 12.0. The highest BCUT2D eigenvalue weighted by molar-refractivity contribution is 5.81. The Hall–Kier alpha value is -0.790. The van der Waals surface area contributed by atoms with Crippen molar-refractivity contribution in [2.75, 3.05) is 0 Å². The molecule has 2 aliphatic carbocycles. The standard InChI is InChI=1S/C21H36O2/c1-4-7-17-9-11-19(12-10-17)21(23-20(22)6-3)15-13-18(8-5-2)14-16-21/h6,17-19H,3-5,7-16H2,1-2H3. The molecular formula is C21H36O2. The molecule has 2 heteroatoms. The number of rotatable bonds is 7. The molecular weight excluding hydrogens is 284 g/mol. The van der Waals surface area contributed by atoms with Gasteiger partial charge in [0.15, 0.2) is 0 Å². The summed E-state index contributed by atoms with van der Waals surface area (Å²) in [6.07, 6.45) is 16.3. The molecule has 0 unspecified atom stereocenters. The van der Waals surface area contributed by atoms with Crippen molar-refractivity contribution in [2.45, 2.75) is 96.5 Å². The highest BCUT2D eigenvalue weighted by Gasteiger charge is 2.45. The molecule has 0 aromatic carbocycles. The fourth-order valence-electron chi connectivity index (χ4n) is 5.08. The second-order valence-electron chi connectivity index (χ2n) is 7.93. The normalized spacial score (nSPS) is 34.8. The lowest BCUT2D eigenvalue weighted by molar-refractivity contribution is -0.169. The van der Waals surface area contributed by atoms with Crippen LogP contribution in [0.4, 0.5) is 0 Å². The van der Waals surface area contributed by atoms with Gasteiger partial charge in [0.05, 0.1) is 0 Å². The SMILES string of the molecule is C=CC(=O)OC1(C2CCC(CCC)CC2)CCC(CCC)CC1. The number of ether oxygens (including phenoxy) is 1. The van der Waals surface area contributed by atoms with E-state index in [-0.39, 0.29) is 11.6 Å². The first-order valence-electron chi connectivity index (χ1n) is 9.99. The average molecular weight is 321 g/mol. The van der Waals surface area contributed by atoms with E-state index in [1.807, 2.05) is 0 Å². The molecule has 0 saturated heterocycles. The molecule has 2 aliphatic rings. The quantitative estimate of drug-likeness (QED) is 0.421. The monoisotopic (exact) mass is 320 g/mol. The van der Waals surface area contributed by atoms with Gasteiger partial charge in [-0.3, -0.25) is 0 Å².